The molecule has 0 unspecified atom stereocenters. The molecule has 7 nitrogen and oxygen atoms in total. The zero-order valence-corrected chi connectivity index (χ0v) is 22.5. The van der Waals surface area contributed by atoms with Crippen molar-refractivity contribution in [1.82, 2.24) is 20.1 Å². The summed E-state index contributed by atoms with van der Waals surface area (Å²) in [6, 6.07) is 6.35. The van der Waals surface area contributed by atoms with Gasteiger partial charge in [-0.1, -0.05) is 43.8 Å². The van der Waals surface area contributed by atoms with Crippen molar-refractivity contribution in [3.63, 3.8) is 0 Å². The van der Waals surface area contributed by atoms with Crippen LogP contribution in [0.3, 0.4) is 0 Å². The predicted octanol–water partition coefficient (Wildman–Crippen LogP) is 4.88. The fourth-order valence-corrected chi connectivity index (χ4v) is 8.05. The first-order valence-corrected chi connectivity index (χ1v) is 14.6. The summed E-state index contributed by atoms with van der Waals surface area (Å²) >= 11 is 1.33. The molecule has 4 fully saturated rings. The number of benzene rings is 1. The van der Waals surface area contributed by atoms with Crippen LogP contribution in [0.4, 0.5) is 0 Å². The molecule has 2 aromatic rings. The molecule has 1 aromatic heterocycles. The van der Waals surface area contributed by atoms with E-state index >= 15 is 0 Å². The SMILES string of the molecule is CCOC(=O)CSc1nnc(CNC(=O)C23CC4CC(CC(C4)C2)C3)n1-c1c(CC)cccc1CC. The van der Waals surface area contributed by atoms with Crippen molar-refractivity contribution >= 4 is 23.6 Å². The lowest BCUT2D eigenvalue weighted by atomic mass is 9.49. The van der Waals surface area contributed by atoms with Crippen molar-refractivity contribution in [3.8, 4) is 5.69 Å². The van der Waals surface area contributed by atoms with E-state index in [0.717, 1.165) is 55.5 Å². The average molecular weight is 511 g/mol. The molecule has 8 heteroatoms. The highest BCUT2D eigenvalue weighted by Gasteiger charge is 2.54. The molecule has 0 aliphatic heterocycles. The second-order valence-corrected chi connectivity index (χ2v) is 11.8. The van der Waals surface area contributed by atoms with Crippen LogP contribution < -0.4 is 5.32 Å². The first-order valence-electron chi connectivity index (χ1n) is 13.6. The van der Waals surface area contributed by atoms with Gasteiger partial charge in [-0.05, 0) is 87.2 Å². The van der Waals surface area contributed by atoms with Gasteiger partial charge >= 0.3 is 5.97 Å². The van der Waals surface area contributed by atoms with Gasteiger partial charge in [0.25, 0.3) is 0 Å². The number of carbonyl (C=O) groups is 2. The Bertz CT molecular complexity index is 1070. The zero-order valence-electron chi connectivity index (χ0n) is 21.7. The fraction of sp³-hybridized carbons (Fsp3) is 0.643. The third kappa shape index (κ3) is 4.81. The Morgan fingerprint density at radius 3 is 2.19 bits per heavy atom. The van der Waals surface area contributed by atoms with Crippen molar-refractivity contribution in [3.05, 3.63) is 35.2 Å². The van der Waals surface area contributed by atoms with Crippen molar-refractivity contribution in [2.75, 3.05) is 12.4 Å². The number of rotatable bonds is 10. The Hall–Kier alpha value is -2.35. The summed E-state index contributed by atoms with van der Waals surface area (Å²) in [5, 5.41) is 12.9. The highest BCUT2D eigenvalue weighted by atomic mass is 32.2. The van der Waals surface area contributed by atoms with Crippen LogP contribution in [0, 0.1) is 23.2 Å². The Balaban J connectivity index is 1.42. The number of para-hydroxylation sites is 1. The number of esters is 1. The Morgan fingerprint density at radius 1 is 1.03 bits per heavy atom. The minimum atomic E-state index is -0.270. The lowest BCUT2D eigenvalue weighted by molar-refractivity contribution is -0.146. The van der Waals surface area contributed by atoms with Crippen LogP contribution in [-0.4, -0.2) is 39.0 Å². The Labute approximate surface area is 218 Å². The number of nitrogens with one attached hydrogen (secondary N) is 1. The van der Waals surface area contributed by atoms with Crippen LogP contribution >= 0.6 is 11.8 Å². The Morgan fingerprint density at radius 2 is 1.64 bits per heavy atom. The topological polar surface area (TPSA) is 86.1 Å². The number of hydrogen-bond acceptors (Lipinski definition) is 6. The third-order valence-corrected chi connectivity index (χ3v) is 9.34. The van der Waals surface area contributed by atoms with Gasteiger partial charge < -0.3 is 10.1 Å². The van der Waals surface area contributed by atoms with Crippen LogP contribution in [0.1, 0.15) is 76.2 Å². The maximum absolute atomic E-state index is 13.6. The molecule has 6 rings (SSSR count). The number of nitrogens with zero attached hydrogens (tertiary/aromatic N) is 3. The minimum Gasteiger partial charge on any atom is -0.465 e. The highest BCUT2D eigenvalue weighted by molar-refractivity contribution is 7.99. The molecule has 4 aliphatic rings. The van der Waals surface area contributed by atoms with E-state index in [0.29, 0.717) is 24.1 Å². The standard InChI is InChI=1S/C28H38N4O3S/c1-4-21-8-7-9-22(5-2)25(21)32-23(30-31-27(32)36-17-24(33)35-6-3)16-29-26(34)28-13-18-10-19(14-28)12-20(11-18)15-28/h7-9,18-20H,4-6,10-17H2,1-3H3,(H,29,34). The summed E-state index contributed by atoms with van der Waals surface area (Å²) < 4.78 is 7.18. The van der Waals surface area contributed by atoms with E-state index in [9.17, 15) is 9.59 Å². The number of carbonyl (C=O) groups excluding carboxylic acids is 2. The summed E-state index contributed by atoms with van der Waals surface area (Å²) in [5.41, 5.74) is 3.26. The number of thioether (sulfide) groups is 1. The van der Waals surface area contributed by atoms with E-state index in [-0.39, 0.29) is 23.0 Å². The molecule has 4 saturated carbocycles. The maximum atomic E-state index is 13.6. The fourth-order valence-electron chi connectivity index (χ4n) is 7.30. The first kappa shape index (κ1) is 25.3. The molecule has 36 heavy (non-hydrogen) atoms. The number of aryl methyl sites for hydroxylation is 2. The normalized spacial score (nSPS) is 26.2. The molecule has 4 bridgehead atoms. The second-order valence-electron chi connectivity index (χ2n) is 10.8. The summed E-state index contributed by atoms with van der Waals surface area (Å²) in [6.45, 7) is 6.77. The predicted molar refractivity (Wildman–Crippen MR) is 140 cm³/mol. The molecule has 0 saturated heterocycles. The van der Waals surface area contributed by atoms with Crippen molar-refractivity contribution in [1.29, 1.82) is 0 Å². The molecule has 1 N–H and O–H groups in total. The van der Waals surface area contributed by atoms with Gasteiger partial charge in [0.05, 0.1) is 24.6 Å². The quantitative estimate of drug-likeness (QED) is 0.362. The lowest BCUT2D eigenvalue weighted by Gasteiger charge is -2.55. The van der Waals surface area contributed by atoms with Gasteiger partial charge in [-0.2, -0.15) is 0 Å². The van der Waals surface area contributed by atoms with E-state index in [4.69, 9.17) is 4.74 Å². The second kappa shape index (κ2) is 10.6. The molecule has 4 aliphatic carbocycles. The average Bonchev–Trinajstić information content (AvgIpc) is 3.27. The molecule has 0 atom stereocenters. The Kier molecular flexibility index (Phi) is 7.42. The molecule has 1 aromatic carbocycles. The van der Waals surface area contributed by atoms with E-state index < -0.39 is 0 Å². The summed E-state index contributed by atoms with van der Waals surface area (Å²) in [7, 11) is 0. The minimum absolute atomic E-state index is 0.168. The third-order valence-electron chi connectivity index (χ3n) is 8.44. The summed E-state index contributed by atoms with van der Waals surface area (Å²) in [5.74, 6) is 2.96. The molecular weight excluding hydrogens is 472 g/mol. The van der Waals surface area contributed by atoms with E-state index in [1.165, 1.54) is 42.2 Å². The van der Waals surface area contributed by atoms with E-state index in [1.807, 2.05) is 0 Å². The molecule has 0 radical (unpaired) electrons. The molecular formula is C28H38N4O3S. The molecule has 1 amide bonds. The van der Waals surface area contributed by atoms with Gasteiger partial charge in [0.2, 0.25) is 5.91 Å². The maximum Gasteiger partial charge on any atom is 0.316 e. The molecule has 194 valence electrons. The van der Waals surface area contributed by atoms with Crippen molar-refractivity contribution < 1.29 is 14.3 Å². The number of amides is 1. The van der Waals surface area contributed by atoms with Gasteiger partial charge in [0, 0.05) is 5.41 Å². The summed E-state index contributed by atoms with van der Waals surface area (Å²) in [6.07, 6.45) is 8.79. The van der Waals surface area contributed by atoms with Crippen molar-refractivity contribution in [2.24, 2.45) is 23.2 Å². The smallest absolute Gasteiger partial charge is 0.316 e. The van der Waals surface area contributed by atoms with Crippen LogP contribution in [0.2, 0.25) is 0 Å². The zero-order chi connectivity index (χ0) is 25.3. The highest BCUT2D eigenvalue weighted by Crippen LogP contribution is 2.60. The van der Waals surface area contributed by atoms with E-state index in [2.05, 4.69) is 52.1 Å². The molecule has 0 spiro atoms. The van der Waals surface area contributed by atoms with Gasteiger partial charge in [-0.25, -0.2) is 0 Å². The van der Waals surface area contributed by atoms with Crippen molar-refractivity contribution in [2.45, 2.75) is 83.8 Å². The first-order chi connectivity index (χ1) is 17.5. The van der Waals surface area contributed by atoms with Gasteiger partial charge in [-0.3, -0.25) is 14.2 Å². The van der Waals surface area contributed by atoms with Crippen LogP contribution in [0.15, 0.2) is 23.4 Å². The summed E-state index contributed by atoms with van der Waals surface area (Å²) in [4.78, 5) is 25.7. The van der Waals surface area contributed by atoms with Gasteiger partial charge in [0.15, 0.2) is 11.0 Å². The molecule has 1 heterocycles. The number of aromatic nitrogens is 3. The van der Waals surface area contributed by atoms with E-state index in [1.54, 1.807) is 6.92 Å². The largest absolute Gasteiger partial charge is 0.465 e. The van der Waals surface area contributed by atoms with Gasteiger partial charge in [-0.15, -0.1) is 10.2 Å². The van der Waals surface area contributed by atoms with Crippen LogP contribution in [0.5, 0.6) is 0 Å². The lowest BCUT2D eigenvalue weighted by Crippen LogP contribution is -2.53. The van der Waals surface area contributed by atoms with Gasteiger partial charge in [0.1, 0.15) is 0 Å². The van der Waals surface area contributed by atoms with Crippen LogP contribution in [-0.2, 0) is 33.7 Å². The number of hydrogen-bond donors (Lipinski definition) is 1. The monoisotopic (exact) mass is 510 g/mol. The van der Waals surface area contributed by atoms with Crippen LogP contribution in [0.25, 0.3) is 5.69 Å². The number of ether oxygens (including phenoxy) is 1.